The van der Waals surface area contributed by atoms with E-state index in [9.17, 15) is 0 Å². The van der Waals surface area contributed by atoms with E-state index in [0.29, 0.717) is 12.2 Å². The minimum Gasteiger partial charge on any atom is -0.373 e. The van der Waals surface area contributed by atoms with E-state index in [1.54, 1.807) is 0 Å². The molecular formula is C14H23N3O. The van der Waals surface area contributed by atoms with Gasteiger partial charge in [0.2, 0.25) is 0 Å². The standard InChI is InChI=1S/C14H23N3O/c1-10-3-6-14(18-10)9-17-11(2)15-7-13(17)8-16-12-4-5-12/h7,10,12,14,16H,3-6,8-9H2,1-2H3. The van der Waals surface area contributed by atoms with Crippen LogP contribution in [0.5, 0.6) is 0 Å². The van der Waals surface area contributed by atoms with Crippen molar-refractivity contribution in [2.24, 2.45) is 0 Å². The summed E-state index contributed by atoms with van der Waals surface area (Å²) in [6, 6.07) is 0.747. The number of aryl methyl sites for hydroxylation is 1. The first-order valence-corrected chi connectivity index (χ1v) is 7.12. The number of hydrogen-bond acceptors (Lipinski definition) is 3. The summed E-state index contributed by atoms with van der Waals surface area (Å²) in [5.74, 6) is 1.10. The summed E-state index contributed by atoms with van der Waals surface area (Å²) in [5, 5.41) is 3.56. The van der Waals surface area contributed by atoms with Crippen molar-refractivity contribution in [2.75, 3.05) is 0 Å². The maximum absolute atomic E-state index is 5.91. The molecule has 100 valence electrons. The van der Waals surface area contributed by atoms with Gasteiger partial charge in [-0.1, -0.05) is 0 Å². The third kappa shape index (κ3) is 2.75. The largest absolute Gasteiger partial charge is 0.373 e. The summed E-state index contributed by atoms with van der Waals surface area (Å²) < 4.78 is 8.23. The Morgan fingerprint density at radius 2 is 2.22 bits per heavy atom. The van der Waals surface area contributed by atoms with Gasteiger partial charge in [-0.3, -0.25) is 0 Å². The molecule has 2 unspecified atom stereocenters. The summed E-state index contributed by atoms with van der Waals surface area (Å²) in [5.41, 5.74) is 1.29. The fraction of sp³-hybridized carbons (Fsp3) is 0.786. The zero-order valence-corrected chi connectivity index (χ0v) is 11.4. The van der Waals surface area contributed by atoms with Gasteiger partial charge in [0.05, 0.1) is 24.4 Å². The third-order valence-electron chi connectivity index (χ3n) is 3.99. The number of aromatic nitrogens is 2. The zero-order valence-electron chi connectivity index (χ0n) is 11.4. The van der Waals surface area contributed by atoms with Crippen LogP contribution < -0.4 is 5.32 Å². The summed E-state index contributed by atoms with van der Waals surface area (Å²) in [6.07, 6.45) is 7.82. The average Bonchev–Trinajstić information content (AvgIpc) is 3.00. The molecular weight excluding hydrogens is 226 g/mol. The van der Waals surface area contributed by atoms with Crippen LogP contribution in [0.25, 0.3) is 0 Å². The van der Waals surface area contributed by atoms with E-state index < -0.39 is 0 Å². The maximum Gasteiger partial charge on any atom is 0.105 e. The molecule has 1 aliphatic heterocycles. The van der Waals surface area contributed by atoms with Crippen molar-refractivity contribution in [1.82, 2.24) is 14.9 Å². The van der Waals surface area contributed by atoms with Crippen LogP contribution in [0.15, 0.2) is 6.20 Å². The van der Waals surface area contributed by atoms with E-state index in [0.717, 1.165) is 25.0 Å². The Bertz CT molecular complexity index is 411. The first-order valence-electron chi connectivity index (χ1n) is 7.12. The van der Waals surface area contributed by atoms with Crippen LogP contribution in [0.4, 0.5) is 0 Å². The molecule has 0 amide bonds. The SMILES string of the molecule is Cc1ncc(CNC2CC2)n1CC1CCC(C)O1. The molecule has 2 atom stereocenters. The van der Waals surface area contributed by atoms with Gasteiger partial charge >= 0.3 is 0 Å². The van der Waals surface area contributed by atoms with Gasteiger partial charge in [-0.15, -0.1) is 0 Å². The smallest absolute Gasteiger partial charge is 0.105 e. The highest BCUT2D eigenvalue weighted by molar-refractivity contribution is 5.05. The second-order valence-corrected chi connectivity index (χ2v) is 5.71. The molecule has 4 nitrogen and oxygen atoms in total. The lowest BCUT2D eigenvalue weighted by molar-refractivity contribution is 0.0449. The zero-order chi connectivity index (χ0) is 12.5. The van der Waals surface area contributed by atoms with Crippen molar-refractivity contribution >= 4 is 0 Å². The lowest BCUT2D eigenvalue weighted by atomic mass is 10.2. The molecule has 2 heterocycles. The number of nitrogens with one attached hydrogen (secondary N) is 1. The van der Waals surface area contributed by atoms with E-state index in [-0.39, 0.29) is 0 Å². The third-order valence-corrected chi connectivity index (χ3v) is 3.99. The summed E-state index contributed by atoms with van der Waals surface area (Å²) in [4.78, 5) is 4.44. The molecule has 0 radical (unpaired) electrons. The molecule has 3 rings (SSSR count). The van der Waals surface area contributed by atoms with Crippen molar-refractivity contribution in [3.63, 3.8) is 0 Å². The molecule has 0 bridgehead atoms. The summed E-state index contributed by atoms with van der Waals surface area (Å²) in [7, 11) is 0. The van der Waals surface area contributed by atoms with E-state index in [2.05, 4.69) is 28.7 Å². The molecule has 1 saturated carbocycles. The highest BCUT2D eigenvalue weighted by atomic mass is 16.5. The molecule has 0 spiro atoms. The Hall–Kier alpha value is -0.870. The van der Waals surface area contributed by atoms with Crippen LogP contribution in [-0.2, 0) is 17.8 Å². The van der Waals surface area contributed by atoms with Gasteiger partial charge in [0.15, 0.2) is 0 Å². The molecule has 18 heavy (non-hydrogen) atoms. The second-order valence-electron chi connectivity index (χ2n) is 5.71. The molecule has 1 aromatic rings. The lowest BCUT2D eigenvalue weighted by Gasteiger charge is -2.16. The van der Waals surface area contributed by atoms with Crippen LogP contribution >= 0.6 is 0 Å². The monoisotopic (exact) mass is 249 g/mol. The quantitative estimate of drug-likeness (QED) is 0.867. The van der Waals surface area contributed by atoms with Crippen molar-refractivity contribution in [3.8, 4) is 0 Å². The number of ether oxygens (including phenoxy) is 1. The molecule has 0 aromatic carbocycles. The maximum atomic E-state index is 5.91. The Labute approximate surface area is 109 Å². The lowest BCUT2D eigenvalue weighted by Crippen LogP contribution is -2.22. The minimum atomic E-state index is 0.368. The van der Waals surface area contributed by atoms with Crippen molar-refractivity contribution < 1.29 is 4.74 Å². The fourth-order valence-corrected chi connectivity index (χ4v) is 2.67. The molecule has 2 aliphatic rings. The van der Waals surface area contributed by atoms with Crippen LogP contribution in [0, 0.1) is 6.92 Å². The normalized spacial score (nSPS) is 27.9. The molecule has 1 aliphatic carbocycles. The van der Waals surface area contributed by atoms with E-state index in [1.807, 2.05) is 6.20 Å². The second kappa shape index (κ2) is 5.02. The van der Waals surface area contributed by atoms with E-state index in [4.69, 9.17) is 4.74 Å². The van der Waals surface area contributed by atoms with Crippen molar-refractivity contribution in [1.29, 1.82) is 0 Å². The number of rotatable bonds is 5. The fourth-order valence-electron chi connectivity index (χ4n) is 2.67. The average molecular weight is 249 g/mol. The van der Waals surface area contributed by atoms with Crippen molar-refractivity contribution in [3.05, 3.63) is 17.7 Å². The van der Waals surface area contributed by atoms with Gasteiger partial charge in [-0.05, 0) is 39.5 Å². The Balaban J connectivity index is 1.63. The molecule has 1 saturated heterocycles. The van der Waals surface area contributed by atoms with Crippen LogP contribution in [0.3, 0.4) is 0 Å². The molecule has 4 heteroatoms. The minimum absolute atomic E-state index is 0.368. The summed E-state index contributed by atoms with van der Waals surface area (Å²) >= 11 is 0. The van der Waals surface area contributed by atoms with E-state index in [1.165, 1.54) is 31.4 Å². The van der Waals surface area contributed by atoms with Gasteiger partial charge in [0.1, 0.15) is 5.82 Å². The van der Waals surface area contributed by atoms with Crippen LogP contribution in [-0.4, -0.2) is 27.8 Å². The number of nitrogens with zero attached hydrogens (tertiary/aromatic N) is 2. The van der Waals surface area contributed by atoms with Gasteiger partial charge in [0.25, 0.3) is 0 Å². The van der Waals surface area contributed by atoms with Gasteiger partial charge in [0, 0.05) is 18.8 Å². The predicted octanol–water partition coefficient (Wildman–Crippen LogP) is 2.01. The van der Waals surface area contributed by atoms with Gasteiger partial charge in [-0.2, -0.15) is 0 Å². The van der Waals surface area contributed by atoms with Crippen molar-refractivity contribution in [2.45, 2.75) is 70.9 Å². The highest BCUT2D eigenvalue weighted by Gasteiger charge is 2.24. The van der Waals surface area contributed by atoms with Crippen LogP contribution in [0.2, 0.25) is 0 Å². The Morgan fingerprint density at radius 3 is 2.89 bits per heavy atom. The van der Waals surface area contributed by atoms with Gasteiger partial charge in [-0.25, -0.2) is 4.98 Å². The molecule has 1 N–H and O–H groups in total. The number of hydrogen-bond donors (Lipinski definition) is 1. The topological polar surface area (TPSA) is 39.1 Å². The first-order chi connectivity index (χ1) is 8.72. The van der Waals surface area contributed by atoms with Crippen LogP contribution in [0.1, 0.15) is 44.1 Å². The summed E-state index contributed by atoms with van der Waals surface area (Å²) in [6.45, 7) is 6.14. The predicted molar refractivity (Wildman–Crippen MR) is 70.4 cm³/mol. The molecule has 1 aromatic heterocycles. The number of imidazole rings is 1. The Kier molecular flexibility index (Phi) is 3.39. The first kappa shape index (κ1) is 12.2. The highest BCUT2D eigenvalue weighted by Crippen LogP contribution is 2.22. The molecule has 2 fully saturated rings. The van der Waals surface area contributed by atoms with E-state index >= 15 is 0 Å². The van der Waals surface area contributed by atoms with Gasteiger partial charge < -0.3 is 14.6 Å². The Morgan fingerprint density at radius 1 is 1.39 bits per heavy atom.